The molecule has 222 valence electrons. The van der Waals surface area contributed by atoms with Gasteiger partial charge in [0, 0.05) is 0 Å². The number of rotatable bonds is 19. The van der Waals surface area contributed by atoms with E-state index in [1.54, 1.807) is 12.1 Å². The number of ether oxygens (including phenoxy) is 1. The summed E-state index contributed by atoms with van der Waals surface area (Å²) in [7, 11) is 0. The Morgan fingerprint density at radius 1 is 0.634 bits per heavy atom. The molecule has 3 heteroatoms. The van der Waals surface area contributed by atoms with Gasteiger partial charge in [-0.1, -0.05) is 145 Å². The third-order valence-electron chi connectivity index (χ3n) is 8.06. The number of carbonyl (C=O) groups excluding carboxylic acids is 1. The molecule has 0 N–H and O–H groups in total. The number of benzene rings is 3. The lowest BCUT2D eigenvalue weighted by atomic mass is 9.93. The molecule has 0 saturated carbocycles. The highest BCUT2D eigenvalue weighted by Gasteiger charge is 2.34. The van der Waals surface area contributed by atoms with Crippen molar-refractivity contribution >= 4 is 5.97 Å². The van der Waals surface area contributed by atoms with Crippen LogP contribution in [-0.2, 0) is 11.2 Å². The monoisotopic (exact) mass is 558 g/mol. The number of hydrogen-bond acceptors (Lipinski definition) is 2. The summed E-state index contributed by atoms with van der Waals surface area (Å²) < 4.78 is 20.5. The second kappa shape index (κ2) is 17.8. The third-order valence-corrected chi connectivity index (χ3v) is 8.06. The molecule has 0 bridgehead atoms. The lowest BCUT2D eigenvalue weighted by molar-refractivity contribution is -0.147. The summed E-state index contributed by atoms with van der Waals surface area (Å²) in [5.74, 6) is -0.437. The van der Waals surface area contributed by atoms with Gasteiger partial charge in [-0.2, -0.15) is 0 Å². The highest BCUT2D eigenvalue weighted by molar-refractivity contribution is 5.84. The van der Waals surface area contributed by atoms with Crippen LogP contribution in [0.3, 0.4) is 0 Å². The van der Waals surface area contributed by atoms with Crippen LogP contribution < -0.4 is 4.74 Å². The maximum absolute atomic E-state index is 15.0. The summed E-state index contributed by atoms with van der Waals surface area (Å²) in [6, 6.07) is 24.7. The summed E-state index contributed by atoms with van der Waals surface area (Å²) in [4.78, 5) is 12.6. The molecule has 0 aliphatic carbocycles. The molecule has 41 heavy (non-hydrogen) atoms. The van der Waals surface area contributed by atoms with E-state index in [9.17, 15) is 4.79 Å². The van der Waals surface area contributed by atoms with Crippen molar-refractivity contribution < 1.29 is 13.9 Å². The van der Waals surface area contributed by atoms with Crippen LogP contribution in [0.4, 0.5) is 4.39 Å². The molecule has 0 radical (unpaired) electrons. The predicted molar refractivity (Wildman–Crippen MR) is 172 cm³/mol. The van der Waals surface area contributed by atoms with Crippen molar-refractivity contribution in [3.8, 4) is 28.0 Å². The van der Waals surface area contributed by atoms with Crippen molar-refractivity contribution in [2.75, 3.05) is 0 Å². The molecule has 0 aliphatic rings. The Morgan fingerprint density at radius 2 is 1.10 bits per heavy atom. The number of aryl methyl sites for hydroxylation is 1. The first-order chi connectivity index (χ1) is 19.9. The van der Waals surface area contributed by atoms with E-state index in [1.165, 1.54) is 82.3 Å². The highest BCUT2D eigenvalue weighted by Crippen LogP contribution is 2.33. The van der Waals surface area contributed by atoms with Crippen molar-refractivity contribution in [1.82, 2.24) is 0 Å². The Morgan fingerprint density at radius 3 is 1.63 bits per heavy atom. The number of esters is 1. The van der Waals surface area contributed by atoms with Crippen LogP contribution in [0, 0.1) is 0 Å². The molecule has 2 nitrogen and oxygen atoms in total. The van der Waals surface area contributed by atoms with Crippen LogP contribution >= 0.6 is 0 Å². The largest absolute Gasteiger partial charge is 0.424 e. The molecule has 3 aromatic carbocycles. The average molecular weight is 559 g/mol. The van der Waals surface area contributed by atoms with E-state index in [2.05, 4.69) is 56.3 Å². The maximum Gasteiger partial charge on any atom is 0.348 e. The van der Waals surface area contributed by atoms with E-state index < -0.39 is 11.6 Å². The third kappa shape index (κ3) is 11.1. The second-order valence-corrected chi connectivity index (χ2v) is 11.7. The van der Waals surface area contributed by atoms with E-state index in [0.717, 1.165) is 36.0 Å². The minimum absolute atomic E-state index is 0.196. The molecule has 1 atom stereocenters. The first-order valence-electron chi connectivity index (χ1n) is 16.1. The zero-order chi connectivity index (χ0) is 29.3. The van der Waals surface area contributed by atoms with Gasteiger partial charge in [-0.25, -0.2) is 9.18 Å². The van der Waals surface area contributed by atoms with Crippen molar-refractivity contribution in [2.24, 2.45) is 0 Å². The van der Waals surface area contributed by atoms with Crippen LogP contribution in [-0.4, -0.2) is 11.6 Å². The molecular formula is C38H51FO2. The number of alkyl halides is 1. The number of unbranched alkanes of at least 4 members (excludes halogenated alkanes) is 11. The van der Waals surface area contributed by atoms with Crippen LogP contribution in [0.25, 0.3) is 22.3 Å². The molecule has 3 aromatic rings. The molecule has 0 aliphatic heterocycles. The molecule has 3 rings (SSSR count). The van der Waals surface area contributed by atoms with Gasteiger partial charge in [0.2, 0.25) is 5.67 Å². The van der Waals surface area contributed by atoms with E-state index >= 15 is 4.39 Å². The minimum atomic E-state index is -1.98. The van der Waals surface area contributed by atoms with Crippen molar-refractivity contribution in [3.05, 3.63) is 78.4 Å². The van der Waals surface area contributed by atoms with Gasteiger partial charge in [0.05, 0.1) is 0 Å². The van der Waals surface area contributed by atoms with Gasteiger partial charge in [-0.05, 0) is 72.6 Å². The molecule has 0 amide bonds. The Labute approximate surface area is 248 Å². The zero-order valence-electron chi connectivity index (χ0n) is 25.7. The molecule has 0 heterocycles. The standard InChI is InChI=1S/C38H51FO2/c1-4-6-8-10-12-13-15-19-31-22-24-32(25-23-31)35-20-16-17-21-36(35)33-26-28-34(29-27-33)41-37(40)38(3,39)30-18-14-11-9-7-5-2/h16-17,20-29H,4-15,18-19,30H2,1-3H3. The van der Waals surface area contributed by atoms with E-state index in [0.29, 0.717) is 12.2 Å². The lowest BCUT2D eigenvalue weighted by Crippen LogP contribution is -2.34. The smallest absolute Gasteiger partial charge is 0.348 e. The quantitative estimate of drug-likeness (QED) is 0.0831. The van der Waals surface area contributed by atoms with Crippen molar-refractivity contribution in [3.63, 3.8) is 0 Å². The Hall–Kier alpha value is -2.94. The van der Waals surface area contributed by atoms with E-state index in [1.807, 2.05) is 18.2 Å². The van der Waals surface area contributed by atoms with Crippen molar-refractivity contribution in [2.45, 2.75) is 123 Å². The van der Waals surface area contributed by atoms with E-state index in [4.69, 9.17) is 4.74 Å². The molecule has 0 saturated heterocycles. The molecule has 0 aromatic heterocycles. The van der Waals surface area contributed by atoms with E-state index in [-0.39, 0.29) is 6.42 Å². The fraction of sp³-hybridized carbons (Fsp3) is 0.500. The summed E-state index contributed by atoms with van der Waals surface area (Å²) in [6.45, 7) is 5.78. The second-order valence-electron chi connectivity index (χ2n) is 11.7. The Bertz CT molecular complexity index is 1150. The van der Waals surface area contributed by atoms with Crippen LogP contribution in [0.1, 0.15) is 116 Å². The van der Waals surface area contributed by atoms with Crippen molar-refractivity contribution in [1.29, 1.82) is 0 Å². The Balaban J connectivity index is 1.56. The zero-order valence-corrected chi connectivity index (χ0v) is 25.7. The van der Waals surface area contributed by atoms with Gasteiger partial charge in [0.25, 0.3) is 0 Å². The van der Waals surface area contributed by atoms with Gasteiger partial charge in [-0.3, -0.25) is 0 Å². The molecule has 1 unspecified atom stereocenters. The normalized spacial score (nSPS) is 12.7. The molecular weight excluding hydrogens is 507 g/mol. The van der Waals surface area contributed by atoms with Crippen LogP contribution in [0.15, 0.2) is 72.8 Å². The summed E-state index contributed by atoms with van der Waals surface area (Å²) in [5, 5.41) is 0. The van der Waals surface area contributed by atoms with Gasteiger partial charge in [0.15, 0.2) is 0 Å². The number of carbonyl (C=O) groups is 1. The highest BCUT2D eigenvalue weighted by atomic mass is 19.1. The van der Waals surface area contributed by atoms with Gasteiger partial charge in [0.1, 0.15) is 5.75 Å². The lowest BCUT2D eigenvalue weighted by Gasteiger charge is -2.18. The maximum atomic E-state index is 15.0. The SMILES string of the molecule is CCCCCCCCCc1ccc(-c2ccccc2-c2ccc(OC(=O)C(C)(F)CCCCCCCC)cc2)cc1. The van der Waals surface area contributed by atoms with Gasteiger partial charge < -0.3 is 4.74 Å². The van der Waals surface area contributed by atoms with Crippen LogP contribution in [0.2, 0.25) is 0 Å². The number of hydrogen-bond donors (Lipinski definition) is 0. The summed E-state index contributed by atoms with van der Waals surface area (Å²) in [6.07, 6.45) is 16.9. The predicted octanol–water partition coefficient (Wildman–Crippen LogP) is 11.7. The molecule has 0 fully saturated rings. The summed E-state index contributed by atoms with van der Waals surface area (Å²) in [5.41, 5.74) is 3.91. The first kappa shape index (κ1) is 32.6. The average Bonchev–Trinajstić information content (AvgIpc) is 2.99. The fourth-order valence-electron chi connectivity index (χ4n) is 5.38. The minimum Gasteiger partial charge on any atom is -0.424 e. The first-order valence-corrected chi connectivity index (χ1v) is 16.1. The topological polar surface area (TPSA) is 26.3 Å². The van der Waals surface area contributed by atoms with Gasteiger partial charge >= 0.3 is 5.97 Å². The van der Waals surface area contributed by atoms with Crippen LogP contribution in [0.5, 0.6) is 5.75 Å². The molecule has 0 spiro atoms. The number of halogens is 1. The van der Waals surface area contributed by atoms with Gasteiger partial charge in [-0.15, -0.1) is 0 Å². The summed E-state index contributed by atoms with van der Waals surface area (Å²) >= 11 is 0. The Kier molecular flexibility index (Phi) is 14.1. The fourth-order valence-corrected chi connectivity index (χ4v) is 5.38.